The molecule has 0 amide bonds. The summed E-state index contributed by atoms with van der Waals surface area (Å²) in [5, 5.41) is 5.20. The Morgan fingerprint density at radius 2 is 2.10 bits per heavy atom. The molecule has 1 saturated heterocycles. The average molecular weight is 315 g/mol. The highest BCUT2D eigenvalue weighted by Gasteiger charge is 2.32. The minimum Gasteiger partial charge on any atom is -0.309 e. The van der Waals surface area contributed by atoms with Crippen molar-refractivity contribution >= 4 is 23.2 Å². The van der Waals surface area contributed by atoms with E-state index >= 15 is 0 Å². The SMILES string of the molecule is CCCC1CNC(C)(C)CN1Cc1cc(Cl)ccc1Cl. The highest BCUT2D eigenvalue weighted by atomic mass is 35.5. The summed E-state index contributed by atoms with van der Waals surface area (Å²) in [6.45, 7) is 9.68. The van der Waals surface area contributed by atoms with Gasteiger partial charge in [0.2, 0.25) is 0 Å². The normalized spacial score (nSPS) is 22.9. The van der Waals surface area contributed by atoms with Crippen LogP contribution < -0.4 is 5.32 Å². The molecule has 0 aromatic heterocycles. The number of nitrogens with zero attached hydrogens (tertiary/aromatic N) is 1. The Kier molecular flexibility index (Phi) is 5.36. The van der Waals surface area contributed by atoms with E-state index < -0.39 is 0 Å². The Morgan fingerprint density at radius 3 is 2.80 bits per heavy atom. The number of hydrogen-bond acceptors (Lipinski definition) is 2. The summed E-state index contributed by atoms with van der Waals surface area (Å²) in [5.41, 5.74) is 1.27. The van der Waals surface area contributed by atoms with Crippen LogP contribution in [-0.2, 0) is 6.54 Å². The second kappa shape index (κ2) is 6.65. The summed E-state index contributed by atoms with van der Waals surface area (Å²) in [5.74, 6) is 0. The lowest BCUT2D eigenvalue weighted by molar-refractivity contribution is 0.0827. The molecule has 2 rings (SSSR count). The molecule has 1 aliphatic heterocycles. The maximum Gasteiger partial charge on any atom is 0.0452 e. The van der Waals surface area contributed by atoms with Gasteiger partial charge in [-0.3, -0.25) is 4.90 Å². The number of nitrogens with one attached hydrogen (secondary N) is 1. The van der Waals surface area contributed by atoms with E-state index in [1.54, 1.807) is 0 Å². The van der Waals surface area contributed by atoms with E-state index in [4.69, 9.17) is 23.2 Å². The van der Waals surface area contributed by atoms with Crippen molar-refractivity contribution in [1.29, 1.82) is 0 Å². The van der Waals surface area contributed by atoms with Gasteiger partial charge in [0, 0.05) is 41.3 Å². The van der Waals surface area contributed by atoms with E-state index in [-0.39, 0.29) is 5.54 Å². The van der Waals surface area contributed by atoms with Gasteiger partial charge in [0.25, 0.3) is 0 Å². The molecule has 4 heteroatoms. The Balaban J connectivity index is 2.16. The van der Waals surface area contributed by atoms with Gasteiger partial charge in [0.05, 0.1) is 0 Å². The summed E-state index contributed by atoms with van der Waals surface area (Å²) in [6, 6.07) is 6.30. The van der Waals surface area contributed by atoms with Gasteiger partial charge in [-0.05, 0) is 44.0 Å². The fraction of sp³-hybridized carbons (Fsp3) is 0.625. The van der Waals surface area contributed by atoms with E-state index in [9.17, 15) is 0 Å². The zero-order valence-corrected chi connectivity index (χ0v) is 14.1. The van der Waals surface area contributed by atoms with Gasteiger partial charge in [-0.25, -0.2) is 0 Å². The van der Waals surface area contributed by atoms with Gasteiger partial charge in [0.1, 0.15) is 0 Å². The van der Waals surface area contributed by atoms with Crippen LogP contribution in [0.15, 0.2) is 18.2 Å². The lowest BCUT2D eigenvalue weighted by Crippen LogP contribution is -2.61. The first kappa shape index (κ1) is 16.1. The topological polar surface area (TPSA) is 15.3 Å². The molecule has 1 aliphatic rings. The Bertz CT molecular complexity index is 460. The number of rotatable bonds is 4. The lowest BCUT2D eigenvalue weighted by Gasteiger charge is -2.45. The minimum atomic E-state index is 0.148. The van der Waals surface area contributed by atoms with Gasteiger partial charge in [-0.15, -0.1) is 0 Å². The molecule has 112 valence electrons. The predicted octanol–water partition coefficient (Wildman–Crippen LogP) is 4.35. The smallest absolute Gasteiger partial charge is 0.0452 e. The van der Waals surface area contributed by atoms with Crippen LogP contribution in [-0.4, -0.2) is 29.6 Å². The third-order valence-electron chi connectivity index (χ3n) is 3.93. The van der Waals surface area contributed by atoms with Crippen LogP contribution in [0.3, 0.4) is 0 Å². The summed E-state index contributed by atoms with van der Waals surface area (Å²) in [4.78, 5) is 2.54. The molecule has 1 N–H and O–H groups in total. The van der Waals surface area contributed by atoms with Crippen LogP contribution in [0, 0.1) is 0 Å². The third-order valence-corrected chi connectivity index (χ3v) is 4.54. The van der Waals surface area contributed by atoms with Crippen LogP contribution in [0.25, 0.3) is 0 Å². The zero-order chi connectivity index (χ0) is 14.8. The monoisotopic (exact) mass is 314 g/mol. The first-order chi connectivity index (χ1) is 9.41. The number of piperazine rings is 1. The highest BCUT2D eigenvalue weighted by Crippen LogP contribution is 2.26. The molecule has 0 radical (unpaired) electrons. The van der Waals surface area contributed by atoms with Crippen LogP contribution in [0.1, 0.15) is 39.2 Å². The van der Waals surface area contributed by atoms with Crippen LogP contribution in [0.4, 0.5) is 0 Å². The Labute approximate surface area is 132 Å². The van der Waals surface area contributed by atoms with E-state index in [0.717, 1.165) is 35.2 Å². The Hall–Kier alpha value is -0.280. The maximum atomic E-state index is 6.31. The molecular formula is C16H24Cl2N2. The largest absolute Gasteiger partial charge is 0.309 e. The van der Waals surface area contributed by atoms with Gasteiger partial charge in [-0.2, -0.15) is 0 Å². The molecule has 0 spiro atoms. The number of halogens is 2. The van der Waals surface area contributed by atoms with E-state index in [1.807, 2.05) is 18.2 Å². The molecule has 0 bridgehead atoms. The van der Waals surface area contributed by atoms with Crippen molar-refractivity contribution in [3.63, 3.8) is 0 Å². The predicted molar refractivity (Wildman–Crippen MR) is 87.6 cm³/mol. The van der Waals surface area contributed by atoms with Gasteiger partial charge >= 0.3 is 0 Å². The summed E-state index contributed by atoms with van der Waals surface area (Å²) < 4.78 is 0. The van der Waals surface area contributed by atoms with Crippen molar-refractivity contribution in [2.24, 2.45) is 0 Å². The molecule has 1 heterocycles. The fourth-order valence-corrected chi connectivity index (χ4v) is 3.27. The van der Waals surface area contributed by atoms with Crippen LogP contribution in [0.2, 0.25) is 10.0 Å². The minimum absolute atomic E-state index is 0.148. The summed E-state index contributed by atoms with van der Waals surface area (Å²) >= 11 is 12.4. The number of hydrogen-bond donors (Lipinski definition) is 1. The zero-order valence-electron chi connectivity index (χ0n) is 12.5. The fourth-order valence-electron chi connectivity index (χ4n) is 2.90. The molecule has 1 aromatic carbocycles. The first-order valence-corrected chi connectivity index (χ1v) is 8.10. The highest BCUT2D eigenvalue weighted by molar-refractivity contribution is 6.33. The average Bonchev–Trinajstić information content (AvgIpc) is 2.37. The third kappa shape index (κ3) is 4.11. The Morgan fingerprint density at radius 1 is 1.35 bits per heavy atom. The molecule has 2 nitrogen and oxygen atoms in total. The van der Waals surface area contributed by atoms with Crippen molar-refractivity contribution < 1.29 is 0 Å². The lowest BCUT2D eigenvalue weighted by atomic mass is 9.96. The van der Waals surface area contributed by atoms with Crippen molar-refractivity contribution in [3.8, 4) is 0 Å². The van der Waals surface area contributed by atoms with E-state index in [1.165, 1.54) is 12.8 Å². The van der Waals surface area contributed by atoms with Crippen LogP contribution in [0.5, 0.6) is 0 Å². The number of benzene rings is 1. The summed E-state index contributed by atoms with van der Waals surface area (Å²) in [6.07, 6.45) is 2.41. The van der Waals surface area contributed by atoms with Crippen molar-refractivity contribution in [1.82, 2.24) is 10.2 Å². The molecule has 20 heavy (non-hydrogen) atoms. The molecule has 1 aromatic rings. The van der Waals surface area contributed by atoms with E-state index in [2.05, 4.69) is 31.0 Å². The molecule has 1 fully saturated rings. The van der Waals surface area contributed by atoms with Crippen molar-refractivity contribution in [3.05, 3.63) is 33.8 Å². The standard InChI is InChI=1S/C16H24Cl2N2/c1-4-5-14-9-19-16(2,3)11-20(14)10-12-8-13(17)6-7-15(12)18/h6-8,14,19H,4-5,9-11H2,1-3H3. The molecule has 1 atom stereocenters. The second-order valence-electron chi connectivity index (χ2n) is 6.35. The van der Waals surface area contributed by atoms with Crippen LogP contribution >= 0.6 is 23.2 Å². The van der Waals surface area contributed by atoms with E-state index in [0.29, 0.717) is 6.04 Å². The van der Waals surface area contributed by atoms with Gasteiger partial charge in [0.15, 0.2) is 0 Å². The second-order valence-corrected chi connectivity index (χ2v) is 7.19. The van der Waals surface area contributed by atoms with Crippen molar-refractivity contribution in [2.75, 3.05) is 13.1 Å². The first-order valence-electron chi connectivity index (χ1n) is 7.34. The quantitative estimate of drug-likeness (QED) is 0.889. The molecule has 0 aliphatic carbocycles. The molecule has 1 unspecified atom stereocenters. The van der Waals surface area contributed by atoms with Gasteiger partial charge < -0.3 is 5.32 Å². The molecular weight excluding hydrogens is 291 g/mol. The maximum absolute atomic E-state index is 6.31. The van der Waals surface area contributed by atoms with Gasteiger partial charge in [-0.1, -0.05) is 36.5 Å². The molecule has 0 saturated carbocycles. The summed E-state index contributed by atoms with van der Waals surface area (Å²) in [7, 11) is 0. The van der Waals surface area contributed by atoms with Crippen molar-refractivity contribution in [2.45, 2.75) is 51.7 Å².